The van der Waals surface area contributed by atoms with Gasteiger partial charge in [0.15, 0.2) is 0 Å². The van der Waals surface area contributed by atoms with Crippen molar-refractivity contribution in [2.24, 2.45) is 0 Å². The topological polar surface area (TPSA) is 64.6 Å². The molecule has 16 heavy (non-hydrogen) atoms. The smallest absolute Gasteiger partial charge is 0.234 e. The first kappa shape index (κ1) is 13.4. The van der Waals surface area contributed by atoms with Gasteiger partial charge in [-0.3, -0.25) is 9.69 Å². The van der Waals surface area contributed by atoms with Crippen LogP contribution in [0.25, 0.3) is 0 Å². The summed E-state index contributed by atoms with van der Waals surface area (Å²) < 4.78 is 0. The van der Waals surface area contributed by atoms with Crippen molar-refractivity contribution in [3.05, 3.63) is 0 Å². The van der Waals surface area contributed by atoms with Crippen LogP contribution >= 0.6 is 0 Å². The Labute approximate surface area is 97.2 Å². The second-order valence-electron chi connectivity index (χ2n) is 4.65. The Morgan fingerprint density at radius 3 is 2.62 bits per heavy atom. The molecular formula is C11H23N3O2. The van der Waals surface area contributed by atoms with Crippen molar-refractivity contribution in [1.29, 1.82) is 0 Å². The van der Waals surface area contributed by atoms with Gasteiger partial charge in [-0.05, 0) is 13.3 Å². The average molecular weight is 229 g/mol. The molecule has 1 aliphatic rings. The van der Waals surface area contributed by atoms with E-state index in [1.807, 2.05) is 13.8 Å². The van der Waals surface area contributed by atoms with E-state index in [0.717, 1.165) is 32.6 Å². The standard InChI is InChI=1S/C11H23N3O2/c1-3-11(2,9-15)13-10(16)8-14-6-4-12-5-7-14/h12,15H,3-9H2,1-2H3,(H,13,16). The summed E-state index contributed by atoms with van der Waals surface area (Å²) in [6, 6.07) is 0. The third-order valence-electron chi connectivity index (χ3n) is 3.15. The van der Waals surface area contributed by atoms with Crippen LogP contribution in [0.15, 0.2) is 0 Å². The highest BCUT2D eigenvalue weighted by Gasteiger charge is 2.24. The van der Waals surface area contributed by atoms with Gasteiger partial charge in [-0.25, -0.2) is 0 Å². The second-order valence-corrected chi connectivity index (χ2v) is 4.65. The van der Waals surface area contributed by atoms with Crippen LogP contribution < -0.4 is 10.6 Å². The molecular weight excluding hydrogens is 206 g/mol. The van der Waals surface area contributed by atoms with E-state index in [9.17, 15) is 9.90 Å². The van der Waals surface area contributed by atoms with Crippen molar-refractivity contribution in [2.45, 2.75) is 25.8 Å². The van der Waals surface area contributed by atoms with Gasteiger partial charge in [-0.1, -0.05) is 6.92 Å². The van der Waals surface area contributed by atoms with Gasteiger partial charge in [0.1, 0.15) is 0 Å². The lowest BCUT2D eigenvalue weighted by Gasteiger charge is -2.31. The summed E-state index contributed by atoms with van der Waals surface area (Å²) in [5, 5.41) is 15.3. The molecule has 0 aromatic carbocycles. The lowest BCUT2D eigenvalue weighted by molar-refractivity contribution is -0.124. The Bertz CT molecular complexity index is 223. The number of aliphatic hydroxyl groups is 1. The van der Waals surface area contributed by atoms with E-state index in [4.69, 9.17) is 0 Å². The number of amides is 1. The van der Waals surface area contributed by atoms with Crippen LogP contribution in [-0.2, 0) is 4.79 Å². The van der Waals surface area contributed by atoms with Crippen LogP contribution in [0.5, 0.6) is 0 Å². The quantitative estimate of drug-likeness (QED) is 0.576. The summed E-state index contributed by atoms with van der Waals surface area (Å²) in [6.45, 7) is 7.94. The maximum atomic E-state index is 11.8. The zero-order valence-electron chi connectivity index (χ0n) is 10.3. The van der Waals surface area contributed by atoms with Crippen LogP contribution in [0.1, 0.15) is 20.3 Å². The van der Waals surface area contributed by atoms with Gasteiger partial charge in [-0.2, -0.15) is 0 Å². The Kier molecular flexibility index (Phi) is 5.18. The summed E-state index contributed by atoms with van der Waals surface area (Å²) >= 11 is 0. The fourth-order valence-electron chi connectivity index (χ4n) is 1.69. The van der Waals surface area contributed by atoms with Crippen molar-refractivity contribution in [1.82, 2.24) is 15.5 Å². The normalized spacial score (nSPS) is 21.4. The van der Waals surface area contributed by atoms with Crippen molar-refractivity contribution in [3.63, 3.8) is 0 Å². The van der Waals surface area contributed by atoms with E-state index < -0.39 is 5.54 Å². The largest absolute Gasteiger partial charge is 0.394 e. The molecule has 0 aromatic rings. The molecule has 1 saturated heterocycles. The second kappa shape index (κ2) is 6.18. The highest BCUT2D eigenvalue weighted by atomic mass is 16.3. The molecule has 1 rings (SSSR count). The molecule has 1 aliphatic heterocycles. The molecule has 5 nitrogen and oxygen atoms in total. The monoisotopic (exact) mass is 229 g/mol. The predicted molar refractivity (Wildman–Crippen MR) is 63.2 cm³/mol. The predicted octanol–water partition coefficient (Wildman–Crippen LogP) is -0.831. The Morgan fingerprint density at radius 1 is 1.50 bits per heavy atom. The van der Waals surface area contributed by atoms with Crippen molar-refractivity contribution < 1.29 is 9.90 Å². The van der Waals surface area contributed by atoms with E-state index in [-0.39, 0.29) is 12.5 Å². The molecule has 94 valence electrons. The number of hydrogen-bond donors (Lipinski definition) is 3. The van der Waals surface area contributed by atoms with Gasteiger partial charge in [0.2, 0.25) is 5.91 Å². The van der Waals surface area contributed by atoms with Gasteiger partial charge in [0, 0.05) is 26.2 Å². The average Bonchev–Trinajstić information content (AvgIpc) is 2.30. The van der Waals surface area contributed by atoms with E-state index in [1.54, 1.807) is 0 Å². The van der Waals surface area contributed by atoms with E-state index >= 15 is 0 Å². The molecule has 1 heterocycles. The molecule has 0 radical (unpaired) electrons. The number of piperazine rings is 1. The molecule has 1 fully saturated rings. The molecule has 1 unspecified atom stereocenters. The lowest BCUT2D eigenvalue weighted by atomic mass is 10.0. The number of carbonyl (C=O) groups is 1. The van der Waals surface area contributed by atoms with Crippen LogP contribution in [0, 0.1) is 0 Å². The fraction of sp³-hybridized carbons (Fsp3) is 0.909. The summed E-state index contributed by atoms with van der Waals surface area (Å²) in [6.07, 6.45) is 0.733. The molecule has 0 spiro atoms. The highest BCUT2D eigenvalue weighted by Crippen LogP contribution is 2.07. The summed E-state index contributed by atoms with van der Waals surface area (Å²) in [5.74, 6) is 0.000278. The van der Waals surface area contributed by atoms with Crippen LogP contribution in [0.3, 0.4) is 0 Å². The van der Waals surface area contributed by atoms with Crippen molar-refractivity contribution in [3.8, 4) is 0 Å². The molecule has 3 N–H and O–H groups in total. The van der Waals surface area contributed by atoms with Crippen LogP contribution in [-0.4, -0.2) is 60.8 Å². The van der Waals surface area contributed by atoms with Crippen molar-refractivity contribution in [2.75, 3.05) is 39.3 Å². The first-order chi connectivity index (χ1) is 7.59. The molecule has 5 heteroatoms. The number of hydrogen-bond acceptors (Lipinski definition) is 4. The Hall–Kier alpha value is -0.650. The molecule has 0 saturated carbocycles. The van der Waals surface area contributed by atoms with Crippen LogP contribution in [0.2, 0.25) is 0 Å². The van der Waals surface area contributed by atoms with Gasteiger partial charge in [0.05, 0.1) is 18.7 Å². The minimum atomic E-state index is -0.481. The summed E-state index contributed by atoms with van der Waals surface area (Å²) in [7, 11) is 0. The first-order valence-corrected chi connectivity index (χ1v) is 5.94. The molecule has 0 aliphatic carbocycles. The fourth-order valence-corrected chi connectivity index (χ4v) is 1.69. The SMILES string of the molecule is CCC(C)(CO)NC(=O)CN1CCNCC1. The number of carbonyl (C=O) groups excluding carboxylic acids is 1. The Morgan fingerprint density at radius 2 is 2.12 bits per heavy atom. The summed E-state index contributed by atoms with van der Waals surface area (Å²) in [4.78, 5) is 13.9. The van der Waals surface area contributed by atoms with Gasteiger partial charge < -0.3 is 15.7 Å². The third kappa shape index (κ3) is 4.08. The van der Waals surface area contributed by atoms with Gasteiger partial charge in [0.25, 0.3) is 0 Å². The molecule has 1 atom stereocenters. The third-order valence-corrected chi connectivity index (χ3v) is 3.15. The minimum absolute atomic E-state index is 0.000278. The van der Waals surface area contributed by atoms with E-state index in [0.29, 0.717) is 6.54 Å². The Balaban J connectivity index is 2.34. The van der Waals surface area contributed by atoms with E-state index in [2.05, 4.69) is 15.5 Å². The number of aliphatic hydroxyl groups excluding tert-OH is 1. The number of rotatable bonds is 5. The maximum absolute atomic E-state index is 11.8. The lowest BCUT2D eigenvalue weighted by Crippen LogP contribution is -2.53. The maximum Gasteiger partial charge on any atom is 0.234 e. The van der Waals surface area contributed by atoms with Gasteiger partial charge >= 0.3 is 0 Å². The zero-order chi connectivity index (χ0) is 12.0. The zero-order valence-corrected chi connectivity index (χ0v) is 10.3. The molecule has 0 bridgehead atoms. The molecule has 1 amide bonds. The number of nitrogens with zero attached hydrogens (tertiary/aromatic N) is 1. The van der Waals surface area contributed by atoms with Gasteiger partial charge in [-0.15, -0.1) is 0 Å². The number of nitrogens with one attached hydrogen (secondary N) is 2. The van der Waals surface area contributed by atoms with E-state index in [1.165, 1.54) is 0 Å². The summed E-state index contributed by atoms with van der Waals surface area (Å²) in [5.41, 5.74) is -0.481. The van der Waals surface area contributed by atoms with Crippen molar-refractivity contribution >= 4 is 5.91 Å². The van der Waals surface area contributed by atoms with Crippen LogP contribution in [0.4, 0.5) is 0 Å². The first-order valence-electron chi connectivity index (χ1n) is 5.94. The highest BCUT2D eigenvalue weighted by molar-refractivity contribution is 5.78. The minimum Gasteiger partial charge on any atom is -0.394 e. The molecule has 0 aromatic heterocycles.